The van der Waals surface area contributed by atoms with Crippen LogP contribution in [0.15, 0.2) is 12.4 Å². The molecule has 1 aromatic heterocycles. The van der Waals surface area contributed by atoms with E-state index in [0.29, 0.717) is 0 Å². The molecule has 0 unspecified atom stereocenters. The fourth-order valence-corrected chi connectivity index (χ4v) is 0.257. The van der Waals surface area contributed by atoms with Crippen LogP contribution in [0.3, 0.4) is 0 Å². The summed E-state index contributed by atoms with van der Waals surface area (Å²) in [5.41, 5.74) is 0. The SMILES string of the molecule is Oc1cn[c-]nc1.[K+]. The number of nitrogens with zero attached hydrogens (tertiary/aromatic N) is 2. The molecular weight excluding hydrogens is 131 g/mol. The van der Waals surface area contributed by atoms with Crippen LogP contribution in [0.2, 0.25) is 0 Å². The molecule has 1 N–H and O–H groups in total. The predicted molar refractivity (Wildman–Crippen MR) is 22.5 cm³/mol. The molecule has 3 nitrogen and oxygen atoms in total. The topological polar surface area (TPSA) is 46.0 Å². The molecule has 36 valence electrons. The minimum atomic E-state index is 0. The fourth-order valence-electron chi connectivity index (χ4n) is 0.257. The maximum atomic E-state index is 8.49. The van der Waals surface area contributed by atoms with E-state index in [1.807, 2.05) is 0 Å². The molecule has 8 heavy (non-hydrogen) atoms. The Kier molecular flexibility index (Phi) is 4.68. The van der Waals surface area contributed by atoms with Gasteiger partial charge in [0.05, 0.1) is 0 Å². The summed E-state index contributed by atoms with van der Waals surface area (Å²) < 4.78 is 0. The second-order valence-corrected chi connectivity index (χ2v) is 1.04. The van der Waals surface area contributed by atoms with Gasteiger partial charge in [0.2, 0.25) is 0 Å². The Morgan fingerprint density at radius 2 is 1.88 bits per heavy atom. The Morgan fingerprint density at radius 1 is 1.38 bits per heavy atom. The normalized spacial score (nSPS) is 7.50. The molecule has 0 aliphatic carbocycles. The van der Waals surface area contributed by atoms with Crippen LogP contribution in [0.1, 0.15) is 0 Å². The summed E-state index contributed by atoms with van der Waals surface area (Å²) in [7, 11) is 0. The van der Waals surface area contributed by atoms with Crippen molar-refractivity contribution < 1.29 is 56.5 Å². The minimum absolute atomic E-state index is 0. The van der Waals surface area contributed by atoms with Crippen molar-refractivity contribution in [3.63, 3.8) is 0 Å². The van der Waals surface area contributed by atoms with E-state index in [1.54, 1.807) is 0 Å². The van der Waals surface area contributed by atoms with Crippen LogP contribution in [0.5, 0.6) is 5.75 Å². The summed E-state index contributed by atoms with van der Waals surface area (Å²) in [6, 6.07) is 0. The fraction of sp³-hybridized carbons (Fsp3) is 0. The number of aromatic nitrogens is 2. The first-order valence-electron chi connectivity index (χ1n) is 1.76. The maximum absolute atomic E-state index is 8.49. The monoisotopic (exact) mass is 134 g/mol. The molecule has 0 atom stereocenters. The molecule has 1 rings (SSSR count). The van der Waals surface area contributed by atoms with Gasteiger partial charge in [0.15, 0.2) is 0 Å². The Hall–Kier alpha value is 0.516. The first kappa shape index (κ1) is 8.52. The standard InChI is InChI=1S/C4H3N2O.K/c7-4-1-5-3-6-2-4;/h1-2,7H;/q-1;+1. The summed E-state index contributed by atoms with van der Waals surface area (Å²) in [5.74, 6) is 0.0683. The average Bonchev–Trinajstić information content (AvgIpc) is 1.69. The molecule has 0 radical (unpaired) electrons. The van der Waals surface area contributed by atoms with Crippen molar-refractivity contribution in [2.75, 3.05) is 0 Å². The maximum Gasteiger partial charge on any atom is 1.00 e. The smallest absolute Gasteiger partial charge is 0.530 e. The molecule has 4 heteroatoms. The van der Waals surface area contributed by atoms with Crippen LogP contribution in [-0.4, -0.2) is 15.1 Å². The van der Waals surface area contributed by atoms with Crippen molar-refractivity contribution in [1.82, 2.24) is 9.97 Å². The van der Waals surface area contributed by atoms with Gasteiger partial charge in [-0.2, -0.15) is 0 Å². The number of hydrogen-bond donors (Lipinski definition) is 1. The Balaban J connectivity index is 0.000000490. The second kappa shape index (κ2) is 4.40. The Bertz CT molecular complexity index is 144. The van der Waals surface area contributed by atoms with E-state index in [4.69, 9.17) is 5.11 Å². The van der Waals surface area contributed by atoms with Crippen molar-refractivity contribution in [3.05, 3.63) is 18.7 Å². The average molecular weight is 134 g/mol. The minimum Gasteiger partial charge on any atom is -0.530 e. The van der Waals surface area contributed by atoms with Gasteiger partial charge in [0, 0.05) is 12.1 Å². The molecule has 0 spiro atoms. The van der Waals surface area contributed by atoms with E-state index < -0.39 is 0 Å². The van der Waals surface area contributed by atoms with Crippen LogP contribution < -0.4 is 51.4 Å². The zero-order chi connectivity index (χ0) is 5.11. The van der Waals surface area contributed by atoms with Crippen molar-refractivity contribution in [2.45, 2.75) is 0 Å². The van der Waals surface area contributed by atoms with E-state index in [1.165, 1.54) is 12.4 Å². The third-order valence-corrected chi connectivity index (χ3v) is 0.509. The van der Waals surface area contributed by atoms with Crippen LogP contribution in [0.25, 0.3) is 0 Å². The van der Waals surface area contributed by atoms with Crippen molar-refractivity contribution in [3.8, 4) is 5.75 Å². The molecule has 0 aliphatic heterocycles. The molecule has 0 fully saturated rings. The molecule has 0 saturated heterocycles. The van der Waals surface area contributed by atoms with Gasteiger partial charge in [-0.3, -0.25) is 0 Å². The van der Waals surface area contributed by atoms with Gasteiger partial charge in [-0.25, -0.2) is 0 Å². The number of hydrogen-bond acceptors (Lipinski definition) is 3. The molecule has 1 heterocycles. The first-order chi connectivity index (χ1) is 3.39. The van der Waals surface area contributed by atoms with Crippen molar-refractivity contribution in [1.29, 1.82) is 0 Å². The van der Waals surface area contributed by atoms with Gasteiger partial charge in [-0.1, -0.05) is 0 Å². The summed E-state index contributed by atoms with van der Waals surface area (Å²) >= 11 is 0. The first-order valence-corrected chi connectivity index (χ1v) is 1.76. The van der Waals surface area contributed by atoms with Gasteiger partial charge in [0.25, 0.3) is 0 Å². The number of aromatic hydroxyl groups is 1. The second-order valence-electron chi connectivity index (χ2n) is 1.04. The Morgan fingerprint density at radius 3 is 2.12 bits per heavy atom. The molecule has 1 aromatic rings. The molecule has 0 saturated carbocycles. The largest absolute Gasteiger partial charge is 1.00 e. The van der Waals surface area contributed by atoms with E-state index >= 15 is 0 Å². The Labute approximate surface area is 89.6 Å². The van der Waals surface area contributed by atoms with Gasteiger partial charge < -0.3 is 15.1 Å². The van der Waals surface area contributed by atoms with Gasteiger partial charge >= 0.3 is 51.4 Å². The zero-order valence-corrected chi connectivity index (χ0v) is 7.62. The molecule has 0 amide bonds. The molecule has 0 aliphatic rings. The molecule has 0 aromatic carbocycles. The summed E-state index contributed by atoms with van der Waals surface area (Å²) in [5, 5.41) is 8.49. The van der Waals surface area contributed by atoms with Crippen molar-refractivity contribution in [2.24, 2.45) is 0 Å². The summed E-state index contributed by atoms with van der Waals surface area (Å²) in [6.07, 6.45) is 4.81. The third-order valence-electron chi connectivity index (χ3n) is 0.509. The van der Waals surface area contributed by atoms with E-state index in [2.05, 4.69) is 16.3 Å². The quantitative estimate of drug-likeness (QED) is 0.303. The van der Waals surface area contributed by atoms with Gasteiger partial charge in [-0.05, 0) is 12.4 Å². The third kappa shape index (κ3) is 2.73. The zero-order valence-electron chi connectivity index (χ0n) is 4.50. The summed E-state index contributed by atoms with van der Waals surface area (Å²) in [4.78, 5) is 6.80. The van der Waals surface area contributed by atoms with E-state index in [-0.39, 0.29) is 57.1 Å². The van der Waals surface area contributed by atoms with Crippen LogP contribution in [0.4, 0.5) is 0 Å². The molecular formula is C4H3KN2O. The number of rotatable bonds is 0. The van der Waals surface area contributed by atoms with E-state index in [0.717, 1.165) is 0 Å². The summed E-state index contributed by atoms with van der Waals surface area (Å²) in [6.45, 7) is 0. The van der Waals surface area contributed by atoms with Gasteiger partial charge in [-0.15, -0.1) is 0 Å². The van der Waals surface area contributed by atoms with Crippen LogP contribution in [-0.2, 0) is 0 Å². The predicted octanol–water partition coefficient (Wildman–Crippen LogP) is -3.01. The van der Waals surface area contributed by atoms with Crippen LogP contribution >= 0.6 is 0 Å². The molecule has 0 bridgehead atoms. The van der Waals surface area contributed by atoms with Crippen molar-refractivity contribution >= 4 is 0 Å². The van der Waals surface area contributed by atoms with Crippen LogP contribution in [0, 0.1) is 6.33 Å². The van der Waals surface area contributed by atoms with Gasteiger partial charge in [0.1, 0.15) is 0 Å². The van der Waals surface area contributed by atoms with E-state index in [9.17, 15) is 0 Å².